The quantitative estimate of drug-likeness (QED) is 0.541. The molecule has 0 aliphatic rings. The van der Waals surface area contributed by atoms with Gasteiger partial charge in [-0.15, -0.1) is 0 Å². The van der Waals surface area contributed by atoms with Gasteiger partial charge in [0.05, 0.1) is 13.4 Å². The van der Waals surface area contributed by atoms with Crippen molar-refractivity contribution >= 4 is 0 Å². The summed E-state index contributed by atoms with van der Waals surface area (Å²) in [4.78, 5) is 0. The largest absolute Gasteiger partial charge is 0.496 e. The average molecular weight is 204 g/mol. The Morgan fingerprint density at radius 2 is 2.20 bits per heavy atom. The lowest BCUT2D eigenvalue weighted by Gasteiger charge is -2.08. The molecule has 0 aliphatic carbocycles. The third kappa shape index (κ3) is 3.50. The number of rotatable bonds is 5. The Bertz CT molecular complexity index is 354. The van der Waals surface area contributed by atoms with E-state index in [9.17, 15) is 0 Å². The summed E-state index contributed by atoms with van der Waals surface area (Å²) in [5.41, 5.74) is 2.22. The molecule has 0 saturated heterocycles. The van der Waals surface area contributed by atoms with E-state index in [1.54, 1.807) is 25.5 Å². The molecule has 0 N–H and O–H groups in total. The Morgan fingerprint density at radius 1 is 1.40 bits per heavy atom. The maximum absolute atomic E-state index is 5.31. The van der Waals surface area contributed by atoms with E-state index < -0.39 is 0 Å². The van der Waals surface area contributed by atoms with Crippen molar-refractivity contribution in [3.8, 4) is 5.75 Å². The standard InChI is InChI=1S/C13H16O2/c1-4-5-8-15-10-12-7-6-11(2)9-13(12)14-3/h4-9H,1,10H2,2-3H3. The summed E-state index contributed by atoms with van der Waals surface area (Å²) in [6.07, 6.45) is 5.04. The molecule has 0 bridgehead atoms. The van der Waals surface area contributed by atoms with E-state index in [0.29, 0.717) is 6.61 Å². The second-order valence-corrected chi connectivity index (χ2v) is 3.19. The molecular weight excluding hydrogens is 188 g/mol. The average Bonchev–Trinajstić information content (AvgIpc) is 2.26. The summed E-state index contributed by atoms with van der Waals surface area (Å²) in [7, 11) is 1.66. The maximum Gasteiger partial charge on any atom is 0.125 e. The van der Waals surface area contributed by atoms with Gasteiger partial charge in [-0.2, -0.15) is 0 Å². The first-order valence-electron chi connectivity index (χ1n) is 4.80. The number of hydrogen-bond acceptors (Lipinski definition) is 2. The smallest absolute Gasteiger partial charge is 0.125 e. The molecule has 0 spiro atoms. The first-order valence-corrected chi connectivity index (χ1v) is 4.80. The van der Waals surface area contributed by atoms with Crippen LogP contribution in [0, 0.1) is 6.92 Å². The summed E-state index contributed by atoms with van der Waals surface area (Å²) in [6.45, 7) is 6.10. The number of aryl methyl sites for hydroxylation is 1. The first kappa shape index (κ1) is 11.4. The first-order chi connectivity index (χ1) is 7.27. The summed E-state index contributed by atoms with van der Waals surface area (Å²) in [5, 5.41) is 0. The van der Waals surface area contributed by atoms with Crippen molar-refractivity contribution in [1.82, 2.24) is 0 Å². The van der Waals surface area contributed by atoms with Crippen molar-refractivity contribution < 1.29 is 9.47 Å². The second-order valence-electron chi connectivity index (χ2n) is 3.19. The zero-order valence-corrected chi connectivity index (χ0v) is 9.19. The van der Waals surface area contributed by atoms with Crippen LogP contribution in [0.25, 0.3) is 0 Å². The van der Waals surface area contributed by atoms with Gasteiger partial charge < -0.3 is 9.47 Å². The number of hydrogen-bond donors (Lipinski definition) is 0. The summed E-state index contributed by atoms with van der Waals surface area (Å²) in [6, 6.07) is 6.05. The lowest BCUT2D eigenvalue weighted by atomic mass is 10.1. The number of allylic oxidation sites excluding steroid dienone is 2. The van der Waals surface area contributed by atoms with Crippen LogP contribution in [0.2, 0.25) is 0 Å². The van der Waals surface area contributed by atoms with E-state index in [4.69, 9.17) is 9.47 Å². The fraction of sp³-hybridized carbons (Fsp3) is 0.231. The van der Waals surface area contributed by atoms with E-state index in [0.717, 1.165) is 11.3 Å². The Morgan fingerprint density at radius 3 is 2.87 bits per heavy atom. The predicted molar refractivity (Wildman–Crippen MR) is 61.9 cm³/mol. The maximum atomic E-state index is 5.31. The van der Waals surface area contributed by atoms with Crippen LogP contribution in [0.1, 0.15) is 11.1 Å². The molecule has 0 heterocycles. The fourth-order valence-electron chi connectivity index (χ4n) is 1.22. The van der Waals surface area contributed by atoms with Crippen molar-refractivity contribution in [1.29, 1.82) is 0 Å². The van der Waals surface area contributed by atoms with Gasteiger partial charge in [0.1, 0.15) is 12.4 Å². The summed E-state index contributed by atoms with van der Waals surface area (Å²) in [5.74, 6) is 0.863. The molecule has 80 valence electrons. The highest BCUT2D eigenvalue weighted by Gasteiger charge is 2.02. The Hall–Kier alpha value is -1.70. The van der Waals surface area contributed by atoms with Crippen molar-refractivity contribution in [2.24, 2.45) is 0 Å². The molecule has 0 aliphatic heterocycles. The molecule has 0 saturated carbocycles. The summed E-state index contributed by atoms with van der Waals surface area (Å²) >= 11 is 0. The third-order valence-electron chi connectivity index (χ3n) is 1.99. The monoisotopic (exact) mass is 204 g/mol. The Kier molecular flexibility index (Phi) is 4.48. The van der Waals surface area contributed by atoms with Crippen LogP contribution in [0.3, 0.4) is 0 Å². The lowest BCUT2D eigenvalue weighted by molar-refractivity contribution is 0.231. The molecule has 1 rings (SSSR count). The van der Waals surface area contributed by atoms with Crippen LogP contribution in [-0.2, 0) is 11.3 Å². The Balaban J connectivity index is 2.67. The minimum Gasteiger partial charge on any atom is -0.496 e. The molecule has 2 heteroatoms. The summed E-state index contributed by atoms with van der Waals surface area (Å²) < 4.78 is 10.6. The lowest BCUT2D eigenvalue weighted by Crippen LogP contribution is -1.93. The highest BCUT2D eigenvalue weighted by molar-refractivity contribution is 5.36. The third-order valence-corrected chi connectivity index (χ3v) is 1.99. The van der Waals surface area contributed by atoms with Crippen LogP contribution in [0.15, 0.2) is 43.2 Å². The molecule has 0 amide bonds. The van der Waals surface area contributed by atoms with Crippen molar-refractivity contribution in [3.05, 3.63) is 54.3 Å². The molecule has 2 nitrogen and oxygen atoms in total. The molecule has 1 aromatic rings. The molecule has 0 fully saturated rings. The SMILES string of the molecule is C=CC=COCc1ccc(C)cc1OC. The van der Waals surface area contributed by atoms with E-state index in [1.807, 2.05) is 25.1 Å². The second kappa shape index (κ2) is 5.91. The van der Waals surface area contributed by atoms with Gasteiger partial charge in [-0.05, 0) is 24.6 Å². The van der Waals surface area contributed by atoms with Crippen LogP contribution in [0.4, 0.5) is 0 Å². The van der Waals surface area contributed by atoms with Crippen LogP contribution in [0.5, 0.6) is 5.75 Å². The molecular formula is C13H16O2. The van der Waals surface area contributed by atoms with Gasteiger partial charge >= 0.3 is 0 Å². The van der Waals surface area contributed by atoms with E-state index in [1.165, 1.54) is 5.56 Å². The number of methoxy groups -OCH3 is 1. The normalized spacial score (nSPS) is 10.3. The van der Waals surface area contributed by atoms with Crippen LogP contribution in [-0.4, -0.2) is 7.11 Å². The molecule has 0 radical (unpaired) electrons. The minimum atomic E-state index is 0.508. The molecule has 1 aromatic carbocycles. The van der Waals surface area contributed by atoms with Gasteiger partial charge in [-0.3, -0.25) is 0 Å². The van der Waals surface area contributed by atoms with Crippen molar-refractivity contribution in [2.45, 2.75) is 13.5 Å². The fourth-order valence-corrected chi connectivity index (χ4v) is 1.22. The van der Waals surface area contributed by atoms with Crippen molar-refractivity contribution in [3.63, 3.8) is 0 Å². The highest BCUT2D eigenvalue weighted by Crippen LogP contribution is 2.20. The number of benzene rings is 1. The van der Waals surface area contributed by atoms with E-state index in [-0.39, 0.29) is 0 Å². The topological polar surface area (TPSA) is 18.5 Å². The van der Waals surface area contributed by atoms with Crippen LogP contribution < -0.4 is 4.74 Å². The highest BCUT2D eigenvalue weighted by atomic mass is 16.5. The van der Waals surface area contributed by atoms with E-state index >= 15 is 0 Å². The molecule has 0 unspecified atom stereocenters. The minimum absolute atomic E-state index is 0.508. The van der Waals surface area contributed by atoms with Gasteiger partial charge in [0.25, 0.3) is 0 Å². The Labute approximate surface area is 90.8 Å². The van der Waals surface area contributed by atoms with Gasteiger partial charge in [0.15, 0.2) is 0 Å². The predicted octanol–water partition coefficient (Wildman–Crippen LogP) is 3.22. The van der Waals surface area contributed by atoms with Gasteiger partial charge in [-0.25, -0.2) is 0 Å². The van der Waals surface area contributed by atoms with Crippen LogP contribution >= 0.6 is 0 Å². The van der Waals surface area contributed by atoms with Gasteiger partial charge in [0.2, 0.25) is 0 Å². The molecule has 0 atom stereocenters. The number of ether oxygens (including phenoxy) is 2. The molecule has 0 aromatic heterocycles. The van der Waals surface area contributed by atoms with E-state index in [2.05, 4.69) is 6.58 Å². The van der Waals surface area contributed by atoms with Gasteiger partial charge in [-0.1, -0.05) is 24.8 Å². The van der Waals surface area contributed by atoms with Gasteiger partial charge in [0, 0.05) is 5.56 Å². The van der Waals surface area contributed by atoms with Crippen molar-refractivity contribution in [2.75, 3.05) is 7.11 Å². The zero-order valence-electron chi connectivity index (χ0n) is 9.19. The molecule has 15 heavy (non-hydrogen) atoms. The zero-order chi connectivity index (χ0) is 11.1.